The second-order valence-electron chi connectivity index (χ2n) is 9.49. The monoisotopic (exact) mass is 479 g/mol. The average Bonchev–Trinajstić information content (AvgIpc) is 3.23. The lowest BCUT2D eigenvalue weighted by molar-refractivity contribution is 0.182. The number of aliphatic hydroxyl groups is 1. The van der Waals surface area contributed by atoms with E-state index in [4.69, 9.17) is 0 Å². The molecular weight excluding hydrogens is 450 g/mol. The Kier molecular flexibility index (Phi) is 6.49. The van der Waals surface area contributed by atoms with E-state index in [1.807, 2.05) is 47.4 Å². The Bertz CT molecular complexity index is 1320. The number of piperazine rings is 1. The summed E-state index contributed by atoms with van der Waals surface area (Å²) in [6.07, 6.45) is 0. The number of H-pyrrole nitrogens is 1. The molecule has 4 rings (SSSR count). The van der Waals surface area contributed by atoms with Gasteiger partial charge in [-0.1, -0.05) is 45.0 Å². The van der Waals surface area contributed by atoms with Crippen molar-refractivity contribution in [3.8, 4) is 6.07 Å². The van der Waals surface area contributed by atoms with Crippen molar-refractivity contribution < 1.29 is 13.5 Å². The van der Waals surface area contributed by atoms with Crippen LogP contribution in [0.15, 0.2) is 59.2 Å². The van der Waals surface area contributed by atoms with Gasteiger partial charge in [-0.3, -0.25) is 4.90 Å². The molecule has 0 radical (unpaired) electrons. The highest BCUT2D eigenvalue weighted by Gasteiger charge is 2.29. The molecule has 1 aromatic heterocycles. The number of para-hydroxylation sites is 2. The minimum atomic E-state index is -3.59. The Morgan fingerprint density at radius 3 is 2.32 bits per heavy atom. The molecule has 3 aromatic rings. The number of nitrogens with one attached hydrogen (secondary N) is 1. The van der Waals surface area contributed by atoms with Gasteiger partial charge >= 0.3 is 0 Å². The number of sulfonamides is 1. The van der Waals surface area contributed by atoms with Crippen LogP contribution in [0, 0.1) is 11.3 Å². The minimum absolute atomic E-state index is 0.0475. The van der Waals surface area contributed by atoms with Crippen molar-refractivity contribution in [3.05, 3.63) is 65.7 Å². The Hall–Kier alpha value is -3.19. The molecule has 0 saturated carbocycles. The van der Waals surface area contributed by atoms with Crippen molar-refractivity contribution in [2.45, 2.75) is 31.1 Å². The van der Waals surface area contributed by atoms with Gasteiger partial charge in [0.2, 0.25) is 10.0 Å². The third-order valence-electron chi connectivity index (χ3n) is 6.09. The first-order valence-electron chi connectivity index (χ1n) is 11.2. The summed E-state index contributed by atoms with van der Waals surface area (Å²) in [5.41, 5.74) is 2.62. The molecule has 2 heterocycles. The standard InChI is InChI=1S/C25H29N5O3S/c1-25(2,3)18-8-10-19(11-9-18)34(32,33)30-14-12-29(13-15-30)17-23(31)20(16-26)24-27-21-6-4-5-7-22(21)28-24/h4-11,31H,12-15,17H2,1-3H3,(H,27,28)/b23-20-. The maximum Gasteiger partial charge on any atom is 0.243 e. The number of fused-ring (bicyclic) bond motifs is 1. The number of aliphatic hydroxyl groups excluding tert-OH is 1. The highest BCUT2D eigenvalue weighted by Crippen LogP contribution is 2.25. The molecular formula is C25H29N5O3S. The number of aromatic amines is 1. The van der Waals surface area contributed by atoms with Gasteiger partial charge in [0.05, 0.1) is 22.5 Å². The van der Waals surface area contributed by atoms with Crippen molar-refractivity contribution >= 4 is 26.6 Å². The zero-order valence-corrected chi connectivity index (χ0v) is 20.4. The molecule has 0 atom stereocenters. The van der Waals surface area contributed by atoms with E-state index >= 15 is 0 Å². The molecule has 2 aromatic carbocycles. The summed E-state index contributed by atoms with van der Waals surface area (Å²) in [5.74, 6) is 0.233. The van der Waals surface area contributed by atoms with Gasteiger partial charge < -0.3 is 10.1 Å². The van der Waals surface area contributed by atoms with Crippen molar-refractivity contribution in [1.29, 1.82) is 5.26 Å². The second kappa shape index (κ2) is 9.22. The van der Waals surface area contributed by atoms with Crippen LogP contribution in [0.2, 0.25) is 0 Å². The van der Waals surface area contributed by atoms with Crippen LogP contribution in [0.1, 0.15) is 32.2 Å². The Morgan fingerprint density at radius 1 is 1.09 bits per heavy atom. The van der Waals surface area contributed by atoms with E-state index in [-0.39, 0.29) is 28.2 Å². The van der Waals surface area contributed by atoms with E-state index in [9.17, 15) is 18.8 Å². The Morgan fingerprint density at radius 2 is 1.74 bits per heavy atom. The lowest BCUT2D eigenvalue weighted by atomic mass is 9.87. The lowest BCUT2D eigenvalue weighted by Gasteiger charge is -2.33. The molecule has 0 spiro atoms. The molecule has 1 aliphatic rings. The van der Waals surface area contributed by atoms with Crippen LogP contribution < -0.4 is 0 Å². The third kappa shape index (κ3) is 4.85. The smallest absolute Gasteiger partial charge is 0.243 e. The summed E-state index contributed by atoms with van der Waals surface area (Å²) in [7, 11) is -3.59. The third-order valence-corrected chi connectivity index (χ3v) is 8.00. The fraction of sp³-hybridized carbons (Fsp3) is 0.360. The van der Waals surface area contributed by atoms with E-state index in [1.165, 1.54) is 4.31 Å². The SMILES string of the molecule is CC(C)(C)c1ccc(S(=O)(=O)N2CCN(C/C(O)=C(\C#N)c3nc4ccccc4[nH]3)CC2)cc1. The van der Waals surface area contributed by atoms with Gasteiger partial charge in [0.15, 0.2) is 5.82 Å². The quantitative estimate of drug-likeness (QED) is 0.427. The Labute approximate surface area is 200 Å². The van der Waals surface area contributed by atoms with Crippen LogP contribution in [-0.2, 0) is 15.4 Å². The van der Waals surface area contributed by atoms with E-state index in [0.717, 1.165) is 11.1 Å². The molecule has 2 N–H and O–H groups in total. The predicted molar refractivity (Wildman–Crippen MR) is 132 cm³/mol. The van der Waals surface area contributed by atoms with Crippen LogP contribution in [0.4, 0.5) is 0 Å². The average molecular weight is 480 g/mol. The number of benzene rings is 2. The molecule has 0 unspecified atom stereocenters. The summed E-state index contributed by atoms with van der Waals surface area (Å²) in [5, 5.41) is 20.3. The van der Waals surface area contributed by atoms with Gasteiger partial charge in [-0.2, -0.15) is 9.57 Å². The molecule has 0 aliphatic carbocycles. The molecule has 34 heavy (non-hydrogen) atoms. The fourth-order valence-corrected chi connectivity index (χ4v) is 5.44. The number of aromatic nitrogens is 2. The van der Waals surface area contributed by atoms with Crippen LogP contribution in [0.3, 0.4) is 0 Å². The van der Waals surface area contributed by atoms with Crippen molar-refractivity contribution in [2.75, 3.05) is 32.7 Å². The van der Waals surface area contributed by atoms with Crippen LogP contribution in [-0.4, -0.2) is 65.4 Å². The summed E-state index contributed by atoms with van der Waals surface area (Å²) in [6, 6.07) is 16.5. The molecule has 0 bridgehead atoms. The molecule has 178 valence electrons. The number of hydrogen-bond donors (Lipinski definition) is 2. The van der Waals surface area contributed by atoms with Crippen LogP contribution in [0.5, 0.6) is 0 Å². The van der Waals surface area contributed by atoms with Crippen molar-refractivity contribution in [1.82, 2.24) is 19.2 Å². The highest BCUT2D eigenvalue weighted by atomic mass is 32.2. The first-order valence-corrected chi connectivity index (χ1v) is 12.6. The normalized spacial score (nSPS) is 16.9. The first kappa shape index (κ1) is 24.0. The number of rotatable bonds is 5. The van der Waals surface area contributed by atoms with Gasteiger partial charge in [0.25, 0.3) is 0 Å². The maximum absolute atomic E-state index is 13.1. The molecule has 1 aliphatic heterocycles. The van der Waals surface area contributed by atoms with E-state index in [0.29, 0.717) is 37.5 Å². The second-order valence-corrected chi connectivity index (χ2v) is 11.4. The summed E-state index contributed by atoms with van der Waals surface area (Å²) >= 11 is 0. The van der Waals surface area contributed by atoms with Gasteiger partial charge in [-0.15, -0.1) is 0 Å². The summed E-state index contributed by atoms with van der Waals surface area (Å²) in [4.78, 5) is 9.68. The summed E-state index contributed by atoms with van der Waals surface area (Å²) < 4.78 is 27.7. The highest BCUT2D eigenvalue weighted by molar-refractivity contribution is 7.89. The molecule has 0 amide bonds. The number of nitrogens with zero attached hydrogens (tertiary/aromatic N) is 4. The van der Waals surface area contributed by atoms with Gasteiger partial charge in [0.1, 0.15) is 17.4 Å². The number of hydrogen-bond acceptors (Lipinski definition) is 6. The van der Waals surface area contributed by atoms with Gasteiger partial charge in [0, 0.05) is 26.2 Å². The molecule has 1 fully saturated rings. The molecule has 8 nitrogen and oxygen atoms in total. The fourth-order valence-electron chi connectivity index (χ4n) is 4.02. The lowest BCUT2D eigenvalue weighted by Crippen LogP contribution is -2.49. The summed E-state index contributed by atoms with van der Waals surface area (Å²) in [6.45, 7) is 7.92. The van der Waals surface area contributed by atoms with Crippen molar-refractivity contribution in [3.63, 3.8) is 0 Å². The minimum Gasteiger partial charge on any atom is -0.509 e. The Balaban J connectivity index is 1.43. The number of nitriles is 1. The van der Waals surface area contributed by atoms with E-state index in [2.05, 4.69) is 30.7 Å². The number of imidazole rings is 1. The van der Waals surface area contributed by atoms with E-state index < -0.39 is 10.0 Å². The van der Waals surface area contributed by atoms with E-state index in [1.54, 1.807) is 12.1 Å². The largest absolute Gasteiger partial charge is 0.509 e. The zero-order chi connectivity index (χ0) is 24.5. The topological polar surface area (TPSA) is 113 Å². The van der Waals surface area contributed by atoms with Gasteiger partial charge in [-0.25, -0.2) is 13.4 Å². The predicted octanol–water partition coefficient (Wildman–Crippen LogP) is 3.66. The molecule has 9 heteroatoms. The van der Waals surface area contributed by atoms with Gasteiger partial charge in [-0.05, 0) is 35.2 Å². The first-order chi connectivity index (χ1) is 16.1. The van der Waals surface area contributed by atoms with Crippen LogP contribution in [0.25, 0.3) is 16.6 Å². The number of allylic oxidation sites excluding steroid dienone is 1. The van der Waals surface area contributed by atoms with Crippen molar-refractivity contribution in [2.24, 2.45) is 0 Å². The zero-order valence-electron chi connectivity index (χ0n) is 19.6. The molecule has 1 saturated heterocycles. The maximum atomic E-state index is 13.1. The van der Waals surface area contributed by atoms with Crippen LogP contribution >= 0.6 is 0 Å².